The molecule has 4 heteroatoms. The fourth-order valence-electron chi connectivity index (χ4n) is 2.45. The van der Waals surface area contributed by atoms with Gasteiger partial charge >= 0.3 is 5.97 Å². The van der Waals surface area contributed by atoms with E-state index in [0.29, 0.717) is 24.3 Å². The van der Waals surface area contributed by atoms with E-state index in [1.165, 1.54) is 24.5 Å². The fourth-order valence-corrected chi connectivity index (χ4v) is 2.45. The van der Waals surface area contributed by atoms with Gasteiger partial charge in [0.2, 0.25) is 5.76 Å². The van der Waals surface area contributed by atoms with Crippen molar-refractivity contribution in [2.45, 2.75) is 25.4 Å². The summed E-state index contributed by atoms with van der Waals surface area (Å²) in [6.07, 6.45) is 2.48. The second-order valence-corrected chi connectivity index (χ2v) is 5.18. The highest BCUT2D eigenvalue weighted by molar-refractivity contribution is 5.84. The third-order valence-electron chi connectivity index (χ3n) is 3.62. The van der Waals surface area contributed by atoms with Crippen molar-refractivity contribution in [3.05, 3.63) is 59.5 Å². The van der Waals surface area contributed by atoms with Crippen molar-refractivity contribution >= 4 is 5.97 Å². The lowest BCUT2D eigenvalue weighted by molar-refractivity contribution is 0.0660. The zero-order valence-corrected chi connectivity index (χ0v) is 11.1. The van der Waals surface area contributed by atoms with Gasteiger partial charge in [-0.05, 0) is 36.5 Å². The number of aromatic carboxylic acids is 1. The van der Waals surface area contributed by atoms with Crippen molar-refractivity contribution in [1.82, 2.24) is 5.32 Å². The molecule has 4 nitrogen and oxygen atoms in total. The number of benzene rings is 1. The predicted octanol–water partition coefficient (Wildman–Crippen LogP) is 3.22. The maximum Gasteiger partial charge on any atom is 0.371 e. The van der Waals surface area contributed by atoms with E-state index in [1.807, 2.05) is 18.2 Å². The van der Waals surface area contributed by atoms with Crippen LogP contribution in [-0.2, 0) is 6.54 Å². The highest BCUT2D eigenvalue weighted by atomic mass is 16.4. The molecular weight excluding hydrogens is 254 g/mol. The summed E-state index contributed by atoms with van der Waals surface area (Å²) in [5.41, 5.74) is 1.28. The molecule has 104 valence electrons. The van der Waals surface area contributed by atoms with Crippen LogP contribution in [0.3, 0.4) is 0 Å². The molecule has 0 bridgehead atoms. The molecule has 0 aliphatic heterocycles. The Balaban J connectivity index is 1.67. The van der Waals surface area contributed by atoms with Crippen LogP contribution in [0.4, 0.5) is 0 Å². The lowest BCUT2D eigenvalue weighted by Gasteiger charge is -2.18. The topological polar surface area (TPSA) is 62.5 Å². The Kier molecular flexibility index (Phi) is 3.56. The van der Waals surface area contributed by atoms with Gasteiger partial charge in [0.25, 0.3) is 0 Å². The molecule has 1 atom stereocenters. The van der Waals surface area contributed by atoms with Gasteiger partial charge < -0.3 is 14.8 Å². The van der Waals surface area contributed by atoms with Crippen molar-refractivity contribution in [2.24, 2.45) is 5.92 Å². The lowest BCUT2D eigenvalue weighted by atomic mass is 10.0. The molecule has 0 saturated heterocycles. The zero-order valence-electron chi connectivity index (χ0n) is 11.1. The number of carboxylic acids is 1. The van der Waals surface area contributed by atoms with Crippen LogP contribution in [0.15, 0.2) is 46.9 Å². The zero-order chi connectivity index (χ0) is 13.9. The van der Waals surface area contributed by atoms with Crippen molar-refractivity contribution in [3.63, 3.8) is 0 Å². The molecular formula is C16H17NO3. The van der Waals surface area contributed by atoms with E-state index in [2.05, 4.69) is 17.4 Å². The standard InChI is InChI=1S/C16H17NO3/c18-16(19)14-9-8-13(20-14)10-17-15(12-6-7-12)11-4-2-1-3-5-11/h1-5,8-9,12,15,17H,6-7,10H2,(H,18,19). The molecule has 0 amide bonds. The number of carboxylic acid groups (broad SMARTS) is 1. The fraction of sp³-hybridized carbons (Fsp3) is 0.312. The molecule has 2 aromatic rings. The van der Waals surface area contributed by atoms with Gasteiger partial charge in [-0.2, -0.15) is 0 Å². The van der Waals surface area contributed by atoms with E-state index in [9.17, 15) is 4.79 Å². The minimum atomic E-state index is -1.03. The van der Waals surface area contributed by atoms with Gasteiger partial charge in [0.05, 0.1) is 6.54 Å². The number of hydrogen-bond donors (Lipinski definition) is 2. The highest BCUT2D eigenvalue weighted by Crippen LogP contribution is 2.41. The van der Waals surface area contributed by atoms with E-state index < -0.39 is 5.97 Å². The van der Waals surface area contributed by atoms with Crippen molar-refractivity contribution in [3.8, 4) is 0 Å². The molecule has 3 rings (SSSR count). The number of rotatable bonds is 6. The first-order valence-corrected chi connectivity index (χ1v) is 6.84. The molecule has 1 aliphatic rings. The van der Waals surface area contributed by atoms with Gasteiger partial charge in [0.1, 0.15) is 5.76 Å². The first-order chi connectivity index (χ1) is 9.74. The summed E-state index contributed by atoms with van der Waals surface area (Å²) in [5.74, 6) is 0.290. The smallest absolute Gasteiger partial charge is 0.371 e. The van der Waals surface area contributed by atoms with E-state index in [4.69, 9.17) is 9.52 Å². The van der Waals surface area contributed by atoms with Crippen molar-refractivity contribution in [2.75, 3.05) is 0 Å². The maximum atomic E-state index is 10.8. The van der Waals surface area contributed by atoms with E-state index in [-0.39, 0.29) is 5.76 Å². The van der Waals surface area contributed by atoms with Crippen LogP contribution in [0.5, 0.6) is 0 Å². The summed E-state index contributed by atoms with van der Waals surface area (Å²) in [6.45, 7) is 0.545. The third kappa shape index (κ3) is 2.91. The van der Waals surface area contributed by atoms with Gasteiger partial charge in [-0.1, -0.05) is 30.3 Å². The monoisotopic (exact) mass is 271 g/mol. The van der Waals surface area contributed by atoms with Gasteiger partial charge in [-0.15, -0.1) is 0 Å². The minimum Gasteiger partial charge on any atom is -0.475 e. The van der Waals surface area contributed by atoms with Crippen LogP contribution < -0.4 is 5.32 Å². The summed E-state index contributed by atoms with van der Waals surface area (Å²) in [7, 11) is 0. The van der Waals surface area contributed by atoms with Crippen LogP contribution in [-0.4, -0.2) is 11.1 Å². The van der Waals surface area contributed by atoms with Crippen molar-refractivity contribution in [1.29, 1.82) is 0 Å². The normalized spacial score (nSPS) is 16.0. The Morgan fingerprint density at radius 2 is 2.00 bits per heavy atom. The molecule has 1 unspecified atom stereocenters. The summed E-state index contributed by atoms with van der Waals surface area (Å²) in [4.78, 5) is 10.8. The Bertz CT molecular complexity index is 587. The van der Waals surface area contributed by atoms with Crippen LogP contribution in [0.2, 0.25) is 0 Å². The number of nitrogens with one attached hydrogen (secondary N) is 1. The largest absolute Gasteiger partial charge is 0.475 e. The van der Waals surface area contributed by atoms with Crippen LogP contribution >= 0.6 is 0 Å². The molecule has 1 aliphatic carbocycles. The van der Waals surface area contributed by atoms with Crippen molar-refractivity contribution < 1.29 is 14.3 Å². The summed E-state index contributed by atoms with van der Waals surface area (Å²) in [5, 5.41) is 12.3. The number of furan rings is 1. The SMILES string of the molecule is O=C(O)c1ccc(CNC(c2ccccc2)C2CC2)o1. The molecule has 1 fully saturated rings. The maximum absolute atomic E-state index is 10.8. The summed E-state index contributed by atoms with van der Waals surface area (Å²) >= 11 is 0. The van der Waals surface area contributed by atoms with Gasteiger partial charge in [0.15, 0.2) is 0 Å². The predicted molar refractivity (Wildman–Crippen MR) is 74.4 cm³/mol. The Hall–Kier alpha value is -2.07. The van der Waals surface area contributed by atoms with Crippen LogP contribution in [0.25, 0.3) is 0 Å². The minimum absolute atomic E-state index is 0.00974. The quantitative estimate of drug-likeness (QED) is 0.846. The first-order valence-electron chi connectivity index (χ1n) is 6.84. The molecule has 1 aromatic heterocycles. The van der Waals surface area contributed by atoms with Crippen LogP contribution in [0.1, 0.15) is 40.8 Å². The summed E-state index contributed by atoms with van der Waals surface area (Å²) < 4.78 is 5.27. The second-order valence-electron chi connectivity index (χ2n) is 5.18. The average molecular weight is 271 g/mol. The Labute approximate surface area is 117 Å². The first kappa shape index (κ1) is 12.9. The highest BCUT2D eigenvalue weighted by Gasteiger charge is 2.31. The van der Waals surface area contributed by atoms with E-state index in [0.717, 1.165) is 0 Å². The average Bonchev–Trinajstić information content (AvgIpc) is 3.17. The van der Waals surface area contributed by atoms with Gasteiger partial charge in [-0.3, -0.25) is 0 Å². The van der Waals surface area contributed by atoms with Gasteiger partial charge in [0, 0.05) is 6.04 Å². The Morgan fingerprint density at radius 3 is 2.60 bits per heavy atom. The number of carbonyl (C=O) groups is 1. The van der Waals surface area contributed by atoms with Gasteiger partial charge in [-0.25, -0.2) is 4.79 Å². The third-order valence-corrected chi connectivity index (χ3v) is 3.62. The molecule has 0 radical (unpaired) electrons. The Morgan fingerprint density at radius 1 is 1.25 bits per heavy atom. The molecule has 0 spiro atoms. The molecule has 1 heterocycles. The van der Waals surface area contributed by atoms with Crippen LogP contribution in [0, 0.1) is 5.92 Å². The summed E-state index contributed by atoms with van der Waals surface area (Å²) in [6, 6.07) is 13.9. The lowest BCUT2D eigenvalue weighted by Crippen LogP contribution is -2.22. The molecule has 2 N–H and O–H groups in total. The van der Waals surface area contributed by atoms with E-state index in [1.54, 1.807) is 6.07 Å². The molecule has 1 aromatic carbocycles. The molecule has 1 saturated carbocycles. The number of hydrogen-bond acceptors (Lipinski definition) is 3. The molecule has 20 heavy (non-hydrogen) atoms. The second kappa shape index (κ2) is 5.51. The van der Waals surface area contributed by atoms with E-state index >= 15 is 0 Å².